The maximum atomic E-state index is 9.09. The van der Waals surface area contributed by atoms with Crippen LogP contribution in [0.4, 0.5) is 10.8 Å². The highest BCUT2D eigenvalue weighted by molar-refractivity contribution is 7.22. The van der Waals surface area contributed by atoms with Crippen LogP contribution < -0.4 is 10.1 Å². The van der Waals surface area contributed by atoms with E-state index in [1.165, 1.54) is 0 Å². The molecule has 2 heterocycles. The zero-order valence-electron chi connectivity index (χ0n) is 13.2. The van der Waals surface area contributed by atoms with Gasteiger partial charge in [-0.05, 0) is 36.4 Å². The van der Waals surface area contributed by atoms with E-state index in [0.717, 1.165) is 31.9 Å². The van der Waals surface area contributed by atoms with E-state index in [4.69, 9.17) is 15.0 Å². The molecule has 0 radical (unpaired) electrons. The van der Waals surface area contributed by atoms with Crippen molar-refractivity contribution in [2.75, 3.05) is 12.4 Å². The van der Waals surface area contributed by atoms with Gasteiger partial charge in [0.1, 0.15) is 5.75 Å². The number of methoxy groups -OCH3 is 1. The van der Waals surface area contributed by atoms with Crippen molar-refractivity contribution in [1.29, 1.82) is 5.26 Å². The van der Waals surface area contributed by atoms with Crippen molar-refractivity contribution >= 4 is 43.3 Å². The number of nitrogens with one attached hydrogen (secondary N) is 1. The summed E-state index contributed by atoms with van der Waals surface area (Å²) in [6.07, 6.45) is 2.04. The van der Waals surface area contributed by atoms with Crippen molar-refractivity contribution in [2.45, 2.75) is 0 Å². The third kappa shape index (κ3) is 2.27. The molecule has 0 bridgehead atoms. The molecule has 0 fully saturated rings. The van der Waals surface area contributed by atoms with Gasteiger partial charge in [-0.1, -0.05) is 11.3 Å². The minimum atomic E-state index is 0.574. The highest BCUT2D eigenvalue weighted by Crippen LogP contribution is 2.35. The molecule has 0 aliphatic carbocycles. The van der Waals surface area contributed by atoms with Gasteiger partial charge in [0.25, 0.3) is 0 Å². The smallest absolute Gasteiger partial charge is 0.188 e. The molecule has 0 amide bonds. The number of nitriles is 1. The Labute approximate surface area is 142 Å². The lowest BCUT2D eigenvalue weighted by Gasteiger charge is -2.08. The highest BCUT2D eigenvalue weighted by Gasteiger charge is 2.11. The van der Waals surface area contributed by atoms with Gasteiger partial charge in [0.2, 0.25) is 0 Å². The third-order valence-corrected chi connectivity index (χ3v) is 4.93. The molecule has 4 rings (SSSR count). The first-order valence-corrected chi connectivity index (χ1v) is 8.21. The van der Waals surface area contributed by atoms with Gasteiger partial charge in [0.05, 0.1) is 40.2 Å². The number of nitrogens with zero attached hydrogens (tertiary/aromatic N) is 3. The van der Waals surface area contributed by atoms with E-state index in [1.807, 2.05) is 13.2 Å². The molecule has 0 unspecified atom stereocenters. The molecule has 4 aromatic rings. The van der Waals surface area contributed by atoms with E-state index < -0.39 is 0 Å². The molecule has 0 atom stereocenters. The van der Waals surface area contributed by atoms with Crippen LogP contribution >= 0.6 is 11.3 Å². The second-order valence-electron chi connectivity index (χ2n) is 5.44. The predicted molar refractivity (Wildman–Crippen MR) is 97.1 cm³/mol. The van der Waals surface area contributed by atoms with Crippen LogP contribution in [0.1, 0.15) is 5.56 Å². The van der Waals surface area contributed by atoms with Crippen molar-refractivity contribution < 1.29 is 4.74 Å². The molecule has 0 aliphatic heterocycles. The van der Waals surface area contributed by atoms with Crippen LogP contribution in [0.5, 0.6) is 5.75 Å². The van der Waals surface area contributed by atoms with Crippen molar-refractivity contribution in [3.05, 3.63) is 48.2 Å². The molecule has 2 aromatic carbocycles. The summed E-state index contributed by atoms with van der Waals surface area (Å²) in [6.45, 7) is 0. The van der Waals surface area contributed by atoms with Gasteiger partial charge in [-0.2, -0.15) is 5.26 Å². The molecule has 24 heavy (non-hydrogen) atoms. The molecule has 2 aromatic heterocycles. The first-order chi connectivity index (χ1) is 11.7. The summed E-state index contributed by atoms with van der Waals surface area (Å²) in [5.74, 6) is 0.679. The van der Waals surface area contributed by atoms with Crippen molar-refractivity contribution in [3.8, 4) is 11.8 Å². The monoisotopic (exact) mass is 334 g/mol. The number of aromatic nitrogens is 2. The number of hydrogen-bond donors (Lipinski definition) is 1. The number of thiazole rings is 1. The van der Waals surface area contributed by atoms with Crippen LogP contribution in [-0.2, 0) is 7.05 Å². The van der Waals surface area contributed by atoms with E-state index in [9.17, 15) is 0 Å². The zero-order valence-corrected chi connectivity index (χ0v) is 14.0. The van der Waals surface area contributed by atoms with Gasteiger partial charge in [-0.15, -0.1) is 0 Å². The largest absolute Gasteiger partial charge is 0.495 e. The fourth-order valence-electron chi connectivity index (χ4n) is 2.79. The van der Waals surface area contributed by atoms with Crippen LogP contribution in [0.3, 0.4) is 0 Å². The number of ether oxygens (including phenoxy) is 1. The van der Waals surface area contributed by atoms with Gasteiger partial charge >= 0.3 is 0 Å². The minimum Gasteiger partial charge on any atom is -0.495 e. The van der Waals surface area contributed by atoms with E-state index in [0.29, 0.717) is 11.3 Å². The van der Waals surface area contributed by atoms with Crippen LogP contribution in [0.2, 0.25) is 0 Å². The molecular weight excluding hydrogens is 320 g/mol. The normalized spacial score (nSPS) is 10.9. The Morgan fingerprint density at radius 2 is 2.12 bits per heavy atom. The van der Waals surface area contributed by atoms with E-state index in [1.54, 1.807) is 36.6 Å². The van der Waals surface area contributed by atoms with Crippen molar-refractivity contribution in [2.24, 2.45) is 7.05 Å². The minimum absolute atomic E-state index is 0.574. The van der Waals surface area contributed by atoms with Gasteiger partial charge in [0.15, 0.2) is 5.13 Å². The van der Waals surface area contributed by atoms with Crippen molar-refractivity contribution in [3.63, 3.8) is 0 Å². The van der Waals surface area contributed by atoms with Gasteiger partial charge in [-0.25, -0.2) is 4.98 Å². The molecule has 1 N–H and O–H groups in total. The molecule has 6 heteroatoms. The number of fused-ring (bicyclic) bond motifs is 3. The second kappa shape index (κ2) is 5.55. The second-order valence-corrected chi connectivity index (χ2v) is 6.47. The number of hydrogen-bond acceptors (Lipinski definition) is 5. The summed E-state index contributed by atoms with van der Waals surface area (Å²) in [5, 5.41) is 14.3. The predicted octanol–water partition coefficient (Wildman–Crippen LogP) is 4.41. The lowest BCUT2D eigenvalue weighted by Crippen LogP contribution is -1.94. The van der Waals surface area contributed by atoms with E-state index in [-0.39, 0.29) is 0 Å². The average molecular weight is 334 g/mol. The van der Waals surface area contributed by atoms with E-state index in [2.05, 4.69) is 34.2 Å². The van der Waals surface area contributed by atoms with Crippen LogP contribution in [0, 0.1) is 11.3 Å². The highest BCUT2D eigenvalue weighted by atomic mass is 32.1. The summed E-state index contributed by atoms with van der Waals surface area (Å²) < 4.78 is 8.57. The first-order valence-electron chi connectivity index (χ1n) is 7.39. The molecule has 118 valence electrons. The summed E-state index contributed by atoms with van der Waals surface area (Å²) in [7, 11) is 3.64. The average Bonchev–Trinajstić information content (AvgIpc) is 3.17. The third-order valence-electron chi connectivity index (χ3n) is 3.99. The van der Waals surface area contributed by atoms with Gasteiger partial charge in [0, 0.05) is 18.6 Å². The molecule has 0 saturated heterocycles. The number of anilines is 2. The summed E-state index contributed by atoms with van der Waals surface area (Å²) >= 11 is 1.58. The Hall–Kier alpha value is -3.04. The summed E-state index contributed by atoms with van der Waals surface area (Å²) in [6, 6.07) is 13.7. The Morgan fingerprint density at radius 3 is 2.92 bits per heavy atom. The van der Waals surface area contributed by atoms with Crippen LogP contribution in [-0.4, -0.2) is 16.7 Å². The lowest BCUT2D eigenvalue weighted by molar-refractivity contribution is 0.417. The fraction of sp³-hybridized carbons (Fsp3) is 0.111. The van der Waals surface area contributed by atoms with Crippen LogP contribution in [0.25, 0.3) is 21.1 Å². The number of rotatable bonds is 3. The van der Waals surface area contributed by atoms with E-state index >= 15 is 0 Å². The fourth-order valence-corrected chi connectivity index (χ4v) is 3.68. The maximum Gasteiger partial charge on any atom is 0.188 e. The number of aryl methyl sites for hydroxylation is 1. The molecule has 0 saturated carbocycles. The summed E-state index contributed by atoms with van der Waals surface area (Å²) in [4.78, 5) is 4.74. The maximum absolute atomic E-state index is 9.09. The summed E-state index contributed by atoms with van der Waals surface area (Å²) in [5.41, 5.74) is 3.45. The van der Waals surface area contributed by atoms with Crippen LogP contribution in [0.15, 0.2) is 42.6 Å². The van der Waals surface area contributed by atoms with Gasteiger partial charge in [-0.3, -0.25) is 0 Å². The molecule has 0 aliphatic rings. The Morgan fingerprint density at radius 1 is 1.25 bits per heavy atom. The first kappa shape index (κ1) is 14.5. The molecule has 5 nitrogen and oxygen atoms in total. The Bertz CT molecular complexity index is 1100. The quantitative estimate of drug-likeness (QED) is 0.603. The Balaban J connectivity index is 1.81. The standard InChI is InChI=1S/C18H14N4OS/c1-22-8-7-12-14(22)4-6-16-17(12)21-18(24-16)20-13-9-11(10-19)3-5-15(13)23-2/h3-9H,1-2H3,(H,20,21). The van der Waals surface area contributed by atoms with Gasteiger partial charge < -0.3 is 14.6 Å². The number of benzene rings is 2. The van der Waals surface area contributed by atoms with Crippen molar-refractivity contribution in [1.82, 2.24) is 9.55 Å². The SMILES string of the molecule is COc1ccc(C#N)cc1Nc1nc2c(ccc3c2ccn3C)s1. The lowest BCUT2D eigenvalue weighted by atomic mass is 10.2. The molecule has 0 spiro atoms. The zero-order chi connectivity index (χ0) is 16.7. The Kier molecular flexibility index (Phi) is 3.36. The topological polar surface area (TPSA) is 62.9 Å². The molecular formula is C18H14N4OS.